The lowest BCUT2D eigenvalue weighted by molar-refractivity contribution is -0.0504. The Balaban J connectivity index is 1.53. The number of benzene rings is 1. The van der Waals surface area contributed by atoms with E-state index in [2.05, 4.69) is 24.8 Å². The number of ether oxygens (including phenoxy) is 1. The van der Waals surface area contributed by atoms with Crippen LogP contribution in [0.5, 0.6) is 0 Å². The van der Waals surface area contributed by atoms with Gasteiger partial charge in [0.15, 0.2) is 23.2 Å². The van der Waals surface area contributed by atoms with Crippen molar-refractivity contribution < 1.29 is 33.8 Å². The summed E-state index contributed by atoms with van der Waals surface area (Å²) in [5.74, 6) is 0.485. The van der Waals surface area contributed by atoms with Gasteiger partial charge in [-0.2, -0.15) is 0 Å². The number of nitrogens with one attached hydrogen (secondary N) is 1. The molecule has 3 heterocycles. The maximum absolute atomic E-state index is 10.9. The molecule has 1 fully saturated rings. The normalized spacial score (nSPS) is 24.0. The summed E-state index contributed by atoms with van der Waals surface area (Å²) in [5.41, 5.74) is 3.01. The molecule has 0 amide bonds. The fourth-order valence-corrected chi connectivity index (χ4v) is 3.67. The summed E-state index contributed by atoms with van der Waals surface area (Å²) in [6.45, 7) is 1.93. The number of aliphatic hydroxyl groups is 2. The van der Waals surface area contributed by atoms with E-state index in [4.69, 9.17) is 14.5 Å². The summed E-state index contributed by atoms with van der Waals surface area (Å²) in [5, 5.41) is 23.8. The van der Waals surface area contributed by atoms with Crippen molar-refractivity contribution in [3.05, 3.63) is 48.0 Å². The van der Waals surface area contributed by atoms with Gasteiger partial charge in [0.2, 0.25) is 0 Å². The van der Waals surface area contributed by atoms with E-state index < -0.39 is 39.0 Å². The molecule has 0 spiro atoms. The molecule has 0 saturated carbocycles. The molecule has 13 heteroatoms. The Morgan fingerprint density at radius 1 is 1.16 bits per heavy atom. The number of rotatable bonds is 7. The Kier molecular flexibility index (Phi) is 6.04. The van der Waals surface area contributed by atoms with E-state index in [1.54, 1.807) is 0 Å². The van der Waals surface area contributed by atoms with Crippen molar-refractivity contribution in [3.63, 3.8) is 0 Å². The number of aliphatic hydroxyl groups excluding tert-OH is 2. The van der Waals surface area contributed by atoms with Crippen molar-refractivity contribution in [1.82, 2.24) is 19.5 Å². The van der Waals surface area contributed by atoms with Crippen molar-refractivity contribution in [3.8, 4) is 0 Å². The minimum absolute atomic E-state index is 0.356. The quantitative estimate of drug-likeness (QED) is 0.316. The zero-order chi connectivity index (χ0) is 22.2. The van der Waals surface area contributed by atoms with E-state index in [-0.39, 0.29) is 0 Å². The molecule has 12 nitrogen and oxygen atoms in total. The number of fused-ring (bicyclic) bond motifs is 1. The fraction of sp³-hybridized carbons (Fsp3) is 0.389. The lowest BCUT2D eigenvalue weighted by Gasteiger charge is -2.16. The molecule has 1 aliphatic heterocycles. The molecule has 4 atom stereocenters. The van der Waals surface area contributed by atoms with E-state index in [1.807, 2.05) is 31.2 Å². The maximum Gasteiger partial charge on any atom is 0.469 e. The molecule has 1 aliphatic rings. The average molecular weight is 451 g/mol. The minimum atomic E-state index is -4.75. The molecule has 1 aromatic carbocycles. The molecule has 5 N–H and O–H groups in total. The zero-order valence-corrected chi connectivity index (χ0v) is 17.3. The maximum atomic E-state index is 10.9. The van der Waals surface area contributed by atoms with Gasteiger partial charge < -0.3 is 30.1 Å². The first-order valence-corrected chi connectivity index (χ1v) is 10.9. The summed E-state index contributed by atoms with van der Waals surface area (Å²) in [6, 6.07) is 8.03. The second-order valence-corrected chi connectivity index (χ2v) is 8.46. The molecule has 0 bridgehead atoms. The predicted molar refractivity (Wildman–Crippen MR) is 108 cm³/mol. The topological polar surface area (TPSA) is 172 Å². The highest BCUT2D eigenvalue weighted by atomic mass is 31.2. The third-order valence-electron chi connectivity index (χ3n) is 4.96. The summed E-state index contributed by atoms with van der Waals surface area (Å²) in [7, 11) is -4.75. The van der Waals surface area contributed by atoms with Gasteiger partial charge in [-0.25, -0.2) is 19.5 Å². The van der Waals surface area contributed by atoms with E-state index >= 15 is 0 Å². The van der Waals surface area contributed by atoms with Crippen LogP contribution in [0, 0.1) is 6.92 Å². The number of nitrogens with zero attached hydrogens (tertiary/aromatic N) is 4. The van der Waals surface area contributed by atoms with Crippen molar-refractivity contribution in [1.29, 1.82) is 0 Å². The molecule has 3 aromatic rings. The lowest BCUT2D eigenvalue weighted by atomic mass is 10.1. The highest BCUT2D eigenvalue weighted by Gasteiger charge is 2.45. The number of phosphoric ester groups is 1. The molecule has 1 saturated heterocycles. The Hall–Kier alpha value is -2.44. The summed E-state index contributed by atoms with van der Waals surface area (Å²) < 4.78 is 22.3. The highest BCUT2D eigenvalue weighted by molar-refractivity contribution is 7.46. The lowest BCUT2D eigenvalue weighted by Crippen LogP contribution is -2.33. The van der Waals surface area contributed by atoms with Crippen LogP contribution in [-0.2, 0) is 20.4 Å². The van der Waals surface area contributed by atoms with Crippen LogP contribution in [0.4, 0.5) is 5.82 Å². The number of aromatic nitrogens is 4. The molecule has 166 valence electrons. The Morgan fingerprint density at radius 2 is 1.90 bits per heavy atom. The van der Waals surface area contributed by atoms with Crippen LogP contribution < -0.4 is 5.32 Å². The minimum Gasteiger partial charge on any atom is -0.387 e. The van der Waals surface area contributed by atoms with E-state index in [9.17, 15) is 14.8 Å². The van der Waals surface area contributed by atoms with Gasteiger partial charge in [0, 0.05) is 6.54 Å². The van der Waals surface area contributed by atoms with Gasteiger partial charge in [-0.15, -0.1) is 0 Å². The number of imidazole rings is 1. The molecule has 0 radical (unpaired) electrons. The summed E-state index contributed by atoms with van der Waals surface area (Å²) >= 11 is 0. The average Bonchev–Trinajstić information content (AvgIpc) is 3.27. The highest BCUT2D eigenvalue weighted by Crippen LogP contribution is 2.39. The number of hydrogen-bond donors (Lipinski definition) is 5. The first kappa shape index (κ1) is 21.8. The third kappa shape index (κ3) is 4.75. The van der Waals surface area contributed by atoms with Gasteiger partial charge in [-0.05, 0) is 12.5 Å². The Morgan fingerprint density at radius 3 is 2.61 bits per heavy atom. The Bertz CT molecular complexity index is 1100. The molecule has 4 rings (SSSR count). The smallest absolute Gasteiger partial charge is 0.387 e. The summed E-state index contributed by atoms with van der Waals surface area (Å²) in [4.78, 5) is 30.4. The van der Waals surface area contributed by atoms with Crippen LogP contribution in [0.15, 0.2) is 36.9 Å². The van der Waals surface area contributed by atoms with E-state index in [0.717, 1.165) is 11.1 Å². The van der Waals surface area contributed by atoms with Crippen LogP contribution in [0.1, 0.15) is 17.4 Å². The third-order valence-corrected chi connectivity index (χ3v) is 5.44. The SMILES string of the molecule is Cc1ccc(CNc2ncnc3c2ncn3[C@@H]2O[C@H](COP(=O)(O)O)[C@@H](O)[C@H]2O)cc1. The van der Waals surface area contributed by atoms with E-state index in [1.165, 1.54) is 17.2 Å². The van der Waals surface area contributed by atoms with Crippen LogP contribution in [0.25, 0.3) is 11.2 Å². The summed E-state index contributed by atoms with van der Waals surface area (Å²) in [6.07, 6.45) is -2.30. The van der Waals surface area contributed by atoms with Crippen molar-refractivity contribution in [2.45, 2.75) is 38.0 Å². The number of phosphoric acid groups is 1. The predicted octanol–water partition coefficient (Wildman–Crippen LogP) is 0.475. The van der Waals surface area contributed by atoms with Gasteiger partial charge >= 0.3 is 7.82 Å². The molecular formula is C18H22N5O7P. The monoisotopic (exact) mass is 451 g/mol. The second kappa shape index (κ2) is 8.60. The Labute approximate surface area is 176 Å². The largest absolute Gasteiger partial charge is 0.469 e. The van der Waals surface area contributed by atoms with Crippen molar-refractivity contribution >= 4 is 24.8 Å². The van der Waals surface area contributed by atoms with E-state index in [0.29, 0.717) is 23.5 Å². The van der Waals surface area contributed by atoms with Crippen molar-refractivity contribution in [2.75, 3.05) is 11.9 Å². The number of anilines is 1. The molecule has 2 aromatic heterocycles. The molecule has 31 heavy (non-hydrogen) atoms. The van der Waals surface area contributed by atoms with Crippen LogP contribution in [0.3, 0.4) is 0 Å². The number of aryl methyl sites for hydroxylation is 1. The fourth-order valence-electron chi connectivity index (χ4n) is 3.33. The molecule has 0 aliphatic carbocycles. The first-order chi connectivity index (χ1) is 14.7. The van der Waals surface area contributed by atoms with Gasteiger partial charge in [-0.1, -0.05) is 29.8 Å². The molecular weight excluding hydrogens is 429 g/mol. The van der Waals surface area contributed by atoms with Gasteiger partial charge in [-0.3, -0.25) is 9.09 Å². The van der Waals surface area contributed by atoms with Crippen LogP contribution in [0.2, 0.25) is 0 Å². The second-order valence-electron chi connectivity index (χ2n) is 7.22. The molecule has 0 unspecified atom stereocenters. The first-order valence-electron chi connectivity index (χ1n) is 9.41. The zero-order valence-electron chi connectivity index (χ0n) is 16.4. The van der Waals surface area contributed by atoms with Gasteiger partial charge in [0.05, 0.1) is 12.9 Å². The van der Waals surface area contributed by atoms with Crippen molar-refractivity contribution in [2.24, 2.45) is 0 Å². The van der Waals surface area contributed by atoms with Gasteiger partial charge in [0.1, 0.15) is 24.6 Å². The van der Waals surface area contributed by atoms with Gasteiger partial charge in [0.25, 0.3) is 0 Å². The van der Waals surface area contributed by atoms with Crippen LogP contribution >= 0.6 is 7.82 Å². The standard InChI is InChI=1S/C18H22N5O7P/c1-10-2-4-11(5-3-10)6-19-16-13-17(21-8-20-16)23(9-22-13)18-15(25)14(24)12(30-18)7-29-31(26,27)28/h2-5,8-9,12,14-15,18,24-25H,6-7H2,1H3,(H,19,20,21)(H2,26,27,28)/t12-,14-,15-,18-/m1/s1. The number of hydrogen-bond acceptors (Lipinski definition) is 9. The van der Waals surface area contributed by atoms with Crippen LogP contribution in [-0.4, -0.2) is 64.4 Å².